The van der Waals surface area contributed by atoms with Gasteiger partial charge in [-0.1, -0.05) is 0 Å². The third-order valence-corrected chi connectivity index (χ3v) is 2.91. The summed E-state index contributed by atoms with van der Waals surface area (Å²) < 4.78 is 0. The number of amides is 1. The topological polar surface area (TPSA) is 49.6 Å². The Labute approximate surface area is 92.4 Å². The fraction of sp³-hybridized carbons (Fsp3) is 0.909. The number of hydrogen-bond donors (Lipinski definition) is 1. The van der Waals surface area contributed by atoms with Crippen molar-refractivity contribution in [1.82, 2.24) is 9.80 Å². The van der Waals surface area contributed by atoms with Crippen molar-refractivity contribution in [3.05, 3.63) is 0 Å². The van der Waals surface area contributed by atoms with Gasteiger partial charge in [0.15, 0.2) is 0 Å². The van der Waals surface area contributed by atoms with Gasteiger partial charge in [-0.2, -0.15) is 0 Å². The molecular weight excluding hydrogens is 190 g/mol. The monoisotopic (exact) mass is 213 g/mol. The molecule has 0 radical (unpaired) electrons. The van der Waals surface area contributed by atoms with Gasteiger partial charge in [0, 0.05) is 33.1 Å². The first-order valence-corrected chi connectivity index (χ1v) is 5.77. The summed E-state index contributed by atoms with van der Waals surface area (Å²) in [4.78, 5) is 15.4. The SMILES string of the molecule is CN(C)C(=O)CCCN1CCCC(N)C1. The number of nitrogens with zero attached hydrogens (tertiary/aromatic N) is 2. The molecule has 0 bridgehead atoms. The summed E-state index contributed by atoms with van der Waals surface area (Å²) >= 11 is 0. The minimum atomic E-state index is 0.219. The molecule has 1 amide bonds. The third kappa shape index (κ3) is 4.62. The van der Waals surface area contributed by atoms with Gasteiger partial charge in [-0.3, -0.25) is 4.79 Å². The number of rotatable bonds is 4. The molecule has 1 atom stereocenters. The molecule has 0 saturated carbocycles. The van der Waals surface area contributed by atoms with Crippen LogP contribution in [0.15, 0.2) is 0 Å². The van der Waals surface area contributed by atoms with Crippen molar-refractivity contribution < 1.29 is 4.79 Å². The van der Waals surface area contributed by atoms with E-state index in [9.17, 15) is 4.79 Å². The van der Waals surface area contributed by atoms with Crippen LogP contribution in [-0.2, 0) is 4.79 Å². The highest BCUT2D eigenvalue weighted by Crippen LogP contribution is 2.09. The van der Waals surface area contributed by atoms with E-state index in [2.05, 4.69) is 4.90 Å². The molecule has 0 aromatic carbocycles. The van der Waals surface area contributed by atoms with Gasteiger partial charge >= 0.3 is 0 Å². The normalized spacial score (nSPS) is 22.7. The van der Waals surface area contributed by atoms with Gasteiger partial charge in [0.25, 0.3) is 0 Å². The quantitative estimate of drug-likeness (QED) is 0.729. The van der Waals surface area contributed by atoms with Crippen molar-refractivity contribution in [2.45, 2.75) is 31.7 Å². The molecule has 4 nitrogen and oxygen atoms in total. The van der Waals surface area contributed by atoms with E-state index < -0.39 is 0 Å². The Balaban J connectivity index is 2.11. The zero-order valence-electron chi connectivity index (χ0n) is 9.91. The number of likely N-dealkylation sites (tertiary alicyclic amines) is 1. The zero-order valence-corrected chi connectivity index (χ0v) is 9.91. The second-order valence-electron chi connectivity index (χ2n) is 4.59. The molecule has 0 aliphatic carbocycles. The Bertz CT molecular complexity index is 206. The number of nitrogens with two attached hydrogens (primary N) is 1. The molecule has 0 aromatic heterocycles. The van der Waals surface area contributed by atoms with E-state index in [1.54, 1.807) is 19.0 Å². The Hall–Kier alpha value is -0.610. The largest absolute Gasteiger partial charge is 0.349 e. The van der Waals surface area contributed by atoms with E-state index in [1.807, 2.05) is 0 Å². The van der Waals surface area contributed by atoms with Crippen LogP contribution >= 0.6 is 0 Å². The molecule has 1 rings (SSSR count). The van der Waals surface area contributed by atoms with Crippen LogP contribution in [0.1, 0.15) is 25.7 Å². The summed E-state index contributed by atoms with van der Waals surface area (Å²) in [5.41, 5.74) is 5.89. The molecule has 1 saturated heterocycles. The Morgan fingerprint density at radius 1 is 1.53 bits per heavy atom. The molecule has 2 N–H and O–H groups in total. The van der Waals surface area contributed by atoms with Crippen LogP contribution in [0.25, 0.3) is 0 Å². The first-order valence-electron chi connectivity index (χ1n) is 5.77. The van der Waals surface area contributed by atoms with Crippen molar-refractivity contribution in [1.29, 1.82) is 0 Å². The predicted octanol–water partition coefficient (Wildman–Crippen LogP) is 0.278. The van der Waals surface area contributed by atoms with Gasteiger partial charge in [-0.05, 0) is 32.4 Å². The lowest BCUT2D eigenvalue weighted by Crippen LogP contribution is -2.43. The maximum Gasteiger partial charge on any atom is 0.222 e. The van der Waals surface area contributed by atoms with Gasteiger partial charge in [-0.25, -0.2) is 0 Å². The molecule has 1 aliphatic rings. The standard InChI is InChI=1S/C11H23N3O/c1-13(2)11(15)6-4-8-14-7-3-5-10(12)9-14/h10H,3-9,12H2,1-2H3. The number of carbonyl (C=O) groups is 1. The maximum atomic E-state index is 11.3. The zero-order chi connectivity index (χ0) is 11.3. The molecule has 1 unspecified atom stereocenters. The molecular formula is C11H23N3O. The molecule has 88 valence electrons. The Kier molecular flexibility index (Phi) is 5.05. The maximum absolute atomic E-state index is 11.3. The van der Waals surface area contributed by atoms with Crippen LogP contribution in [0.5, 0.6) is 0 Å². The minimum absolute atomic E-state index is 0.219. The van der Waals surface area contributed by atoms with Crippen LogP contribution < -0.4 is 5.73 Å². The molecule has 15 heavy (non-hydrogen) atoms. The lowest BCUT2D eigenvalue weighted by Gasteiger charge is -2.30. The first kappa shape index (κ1) is 12.5. The van der Waals surface area contributed by atoms with E-state index in [1.165, 1.54) is 6.42 Å². The number of hydrogen-bond acceptors (Lipinski definition) is 3. The molecule has 1 aliphatic heterocycles. The van der Waals surface area contributed by atoms with Crippen LogP contribution in [-0.4, -0.2) is 55.5 Å². The van der Waals surface area contributed by atoms with Crippen molar-refractivity contribution in [2.24, 2.45) is 5.73 Å². The van der Waals surface area contributed by atoms with E-state index >= 15 is 0 Å². The fourth-order valence-corrected chi connectivity index (χ4v) is 1.97. The van der Waals surface area contributed by atoms with Gasteiger partial charge in [-0.15, -0.1) is 0 Å². The van der Waals surface area contributed by atoms with Crippen LogP contribution in [0, 0.1) is 0 Å². The summed E-state index contributed by atoms with van der Waals surface area (Å²) in [5, 5.41) is 0. The highest BCUT2D eigenvalue weighted by Gasteiger charge is 2.16. The molecule has 1 fully saturated rings. The van der Waals surface area contributed by atoms with E-state index in [4.69, 9.17) is 5.73 Å². The molecule has 0 spiro atoms. The average molecular weight is 213 g/mol. The molecule has 1 heterocycles. The highest BCUT2D eigenvalue weighted by atomic mass is 16.2. The summed E-state index contributed by atoms with van der Waals surface area (Å²) in [6.07, 6.45) is 3.94. The van der Waals surface area contributed by atoms with Crippen molar-refractivity contribution >= 4 is 5.91 Å². The van der Waals surface area contributed by atoms with Crippen molar-refractivity contribution in [3.63, 3.8) is 0 Å². The average Bonchev–Trinajstić information content (AvgIpc) is 2.17. The van der Waals surface area contributed by atoms with Gasteiger partial charge in [0.2, 0.25) is 5.91 Å². The van der Waals surface area contributed by atoms with E-state index in [0.717, 1.165) is 32.5 Å². The first-order chi connectivity index (χ1) is 7.09. The van der Waals surface area contributed by atoms with Crippen LogP contribution in [0.4, 0.5) is 0 Å². The van der Waals surface area contributed by atoms with Gasteiger partial charge in [0.1, 0.15) is 0 Å². The Morgan fingerprint density at radius 3 is 2.87 bits per heavy atom. The number of piperidine rings is 1. The lowest BCUT2D eigenvalue weighted by atomic mass is 10.1. The van der Waals surface area contributed by atoms with Gasteiger partial charge < -0.3 is 15.5 Å². The highest BCUT2D eigenvalue weighted by molar-refractivity contribution is 5.75. The smallest absolute Gasteiger partial charge is 0.222 e. The van der Waals surface area contributed by atoms with Gasteiger partial charge in [0.05, 0.1) is 0 Å². The Morgan fingerprint density at radius 2 is 2.27 bits per heavy atom. The fourth-order valence-electron chi connectivity index (χ4n) is 1.97. The predicted molar refractivity (Wildman–Crippen MR) is 61.6 cm³/mol. The summed E-state index contributed by atoms with van der Waals surface area (Å²) in [5.74, 6) is 0.219. The van der Waals surface area contributed by atoms with Crippen LogP contribution in [0.3, 0.4) is 0 Å². The van der Waals surface area contributed by atoms with Crippen molar-refractivity contribution in [3.8, 4) is 0 Å². The second-order valence-corrected chi connectivity index (χ2v) is 4.59. The minimum Gasteiger partial charge on any atom is -0.349 e. The number of carbonyl (C=O) groups excluding carboxylic acids is 1. The van der Waals surface area contributed by atoms with Crippen LogP contribution in [0.2, 0.25) is 0 Å². The lowest BCUT2D eigenvalue weighted by molar-refractivity contribution is -0.128. The van der Waals surface area contributed by atoms with Crippen molar-refractivity contribution in [2.75, 3.05) is 33.7 Å². The van der Waals surface area contributed by atoms with E-state index in [-0.39, 0.29) is 5.91 Å². The second kappa shape index (κ2) is 6.08. The molecule has 0 aromatic rings. The third-order valence-electron chi connectivity index (χ3n) is 2.91. The van der Waals surface area contributed by atoms with E-state index in [0.29, 0.717) is 12.5 Å². The summed E-state index contributed by atoms with van der Waals surface area (Å²) in [6.45, 7) is 3.15. The summed E-state index contributed by atoms with van der Waals surface area (Å²) in [7, 11) is 3.61. The summed E-state index contributed by atoms with van der Waals surface area (Å²) in [6, 6.07) is 0.336. The molecule has 4 heteroatoms.